The maximum absolute atomic E-state index is 12.0. The normalized spacial score (nSPS) is 10.1. The molecule has 2 nitrogen and oxygen atoms in total. The number of hydrogen-bond acceptors (Lipinski definition) is 1. The van der Waals surface area contributed by atoms with E-state index in [1.54, 1.807) is 0 Å². The highest BCUT2D eigenvalue weighted by Crippen LogP contribution is 2.09. The zero-order valence-corrected chi connectivity index (χ0v) is 10.7. The third-order valence-electron chi connectivity index (χ3n) is 2.72. The largest absolute Gasteiger partial charge is 0.348 e. The maximum atomic E-state index is 12.0. The van der Waals surface area contributed by atoms with E-state index in [1.165, 1.54) is 0 Å². The lowest BCUT2D eigenvalue weighted by Crippen LogP contribution is -2.22. The second-order valence-electron chi connectivity index (χ2n) is 4.47. The molecule has 2 rings (SSSR count). The molecule has 0 aliphatic rings. The average Bonchev–Trinajstić information content (AvgIpc) is 2.36. The van der Waals surface area contributed by atoms with E-state index in [-0.39, 0.29) is 5.91 Å². The summed E-state index contributed by atoms with van der Waals surface area (Å²) in [6, 6.07) is 16.4. The van der Waals surface area contributed by atoms with Crippen LogP contribution in [-0.4, -0.2) is 5.91 Å². The van der Waals surface area contributed by atoms with Gasteiger partial charge in [-0.3, -0.25) is 4.79 Å². The van der Waals surface area contributed by atoms with Gasteiger partial charge < -0.3 is 5.32 Å². The molecular weight excluding hydrogens is 222 g/mol. The van der Waals surface area contributed by atoms with Gasteiger partial charge >= 0.3 is 0 Å². The van der Waals surface area contributed by atoms with Crippen LogP contribution in [-0.2, 0) is 6.54 Å². The number of carbonyl (C=O) groups is 1. The van der Waals surface area contributed by atoms with Gasteiger partial charge in [-0.25, -0.2) is 0 Å². The van der Waals surface area contributed by atoms with Crippen molar-refractivity contribution in [1.29, 1.82) is 0 Å². The first-order valence-corrected chi connectivity index (χ1v) is 5.96. The quantitative estimate of drug-likeness (QED) is 0.875. The summed E-state index contributed by atoms with van der Waals surface area (Å²) in [4.78, 5) is 12.0. The lowest BCUT2D eigenvalue weighted by molar-refractivity contribution is 0.0950. The summed E-state index contributed by atoms with van der Waals surface area (Å²) >= 11 is 0. The molecule has 2 heteroatoms. The van der Waals surface area contributed by atoms with Gasteiger partial charge in [-0.1, -0.05) is 41.5 Å². The monoisotopic (exact) mass is 238 g/mol. The predicted octanol–water partition coefficient (Wildman–Crippen LogP) is 3.03. The van der Waals surface area contributed by atoms with Crippen LogP contribution < -0.4 is 5.32 Å². The summed E-state index contributed by atoms with van der Waals surface area (Å²) in [7, 11) is 0. The highest BCUT2D eigenvalue weighted by atomic mass is 16.1. The fourth-order valence-electron chi connectivity index (χ4n) is 1.93. The van der Waals surface area contributed by atoms with E-state index in [0.717, 1.165) is 22.3 Å². The molecule has 18 heavy (non-hydrogen) atoms. The van der Waals surface area contributed by atoms with Crippen molar-refractivity contribution in [2.75, 3.05) is 0 Å². The molecule has 0 saturated carbocycles. The van der Waals surface area contributed by atoms with E-state index in [4.69, 9.17) is 0 Å². The molecule has 0 fully saturated rings. The Morgan fingerprint density at radius 1 is 1.11 bits per heavy atom. The maximum Gasteiger partial charge on any atom is 0.251 e. The zero-order chi connectivity index (χ0) is 13.0. The van der Waals surface area contributed by atoms with Gasteiger partial charge in [0.1, 0.15) is 0 Å². The van der Waals surface area contributed by atoms with Gasteiger partial charge in [-0.05, 0) is 37.6 Å². The van der Waals surface area contributed by atoms with E-state index < -0.39 is 0 Å². The molecule has 1 radical (unpaired) electrons. The van der Waals surface area contributed by atoms with Gasteiger partial charge in [-0.2, -0.15) is 0 Å². The number of benzene rings is 2. The minimum Gasteiger partial charge on any atom is -0.348 e. The Morgan fingerprint density at radius 3 is 2.33 bits per heavy atom. The topological polar surface area (TPSA) is 29.1 Å². The van der Waals surface area contributed by atoms with Crippen molar-refractivity contribution in [1.82, 2.24) is 5.32 Å². The van der Waals surface area contributed by atoms with E-state index in [2.05, 4.69) is 17.4 Å². The van der Waals surface area contributed by atoms with Crippen LogP contribution in [0.4, 0.5) is 0 Å². The number of nitrogens with one attached hydrogen (secondary N) is 1. The third-order valence-corrected chi connectivity index (χ3v) is 2.72. The van der Waals surface area contributed by atoms with Gasteiger partial charge in [0.05, 0.1) is 0 Å². The summed E-state index contributed by atoms with van der Waals surface area (Å²) in [5, 5.41) is 2.92. The van der Waals surface area contributed by atoms with Crippen molar-refractivity contribution >= 4 is 5.91 Å². The number of amides is 1. The van der Waals surface area contributed by atoms with Gasteiger partial charge in [0.2, 0.25) is 0 Å². The molecule has 1 N–H and O–H groups in total. The van der Waals surface area contributed by atoms with Crippen LogP contribution in [0.15, 0.2) is 42.5 Å². The summed E-state index contributed by atoms with van der Waals surface area (Å²) < 4.78 is 0. The number of aryl methyl sites for hydroxylation is 2. The van der Waals surface area contributed by atoms with Gasteiger partial charge in [0.15, 0.2) is 0 Å². The minimum absolute atomic E-state index is 0.0327. The Kier molecular flexibility index (Phi) is 3.78. The molecule has 2 aromatic rings. The summed E-state index contributed by atoms with van der Waals surface area (Å²) in [5.41, 5.74) is 4.00. The number of rotatable bonds is 3. The fourth-order valence-corrected chi connectivity index (χ4v) is 1.93. The van der Waals surface area contributed by atoms with Crippen LogP contribution in [0, 0.1) is 19.9 Å². The molecule has 0 aliphatic heterocycles. The Morgan fingerprint density at radius 2 is 1.72 bits per heavy atom. The summed E-state index contributed by atoms with van der Waals surface area (Å²) in [6.45, 7) is 4.54. The van der Waals surface area contributed by atoms with Crippen LogP contribution in [0.25, 0.3) is 0 Å². The van der Waals surface area contributed by atoms with E-state index in [1.807, 2.05) is 50.2 Å². The Balaban J connectivity index is 2.04. The number of carbonyl (C=O) groups excluding carboxylic acids is 1. The SMILES string of the molecule is Cc1cc(C)cc(C(=O)NCc2cc[c]cc2)c1. The van der Waals surface area contributed by atoms with E-state index in [0.29, 0.717) is 6.54 Å². The lowest BCUT2D eigenvalue weighted by Gasteiger charge is -2.07. The first-order valence-electron chi connectivity index (χ1n) is 5.96. The Hall–Kier alpha value is -2.09. The smallest absolute Gasteiger partial charge is 0.251 e. The highest BCUT2D eigenvalue weighted by molar-refractivity contribution is 5.94. The van der Waals surface area contributed by atoms with Crippen LogP contribution in [0.3, 0.4) is 0 Å². The standard InChI is InChI=1S/C16H16NO/c1-12-8-13(2)10-15(9-12)16(18)17-11-14-6-4-3-5-7-14/h4-10H,11H2,1-2H3,(H,17,18). The van der Waals surface area contributed by atoms with Crippen LogP contribution >= 0.6 is 0 Å². The van der Waals surface area contributed by atoms with Gasteiger partial charge in [0.25, 0.3) is 5.91 Å². The zero-order valence-electron chi connectivity index (χ0n) is 10.7. The van der Waals surface area contributed by atoms with E-state index in [9.17, 15) is 4.79 Å². The van der Waals surface area contributed by atoms with Crippen molar-refractivity contribution in [2.45, 2.75) is 20.4 Å². The van der Waals surface area contributed by atoms with Crippen molar-refractivity contribution < 1.29 is 4.79 Å². The second kappa shape index (κ2) is 5.50. The second-order valence-corrected chi connectivity index (χ2v) is 4.47. The Bertz CT molecular complexity index is 526. The van der Waals surface area contributed by atoms with E-state index >= 15 is 0 Å². The summed E-state index contributed by atoms with van der Waals surface area (Å²) in [5.74, 6) is -0.0327. The van der Waals surface area contributed by atoms with Crippen molar-refractivity contribution in [2.24, 2.45) is 0 Å². The van der Waals surface area contributed by atoms with Crippen LogP contribution in [0.2, 0.25) is 0 Å². The molecule has 0 atom stereocenters. The Labute approximate surface area is 108 Å². The molecule has 0 unspecified atom stereocenters. The van der Waals surface area contributed by atoms with Crippen LogP contribution in [0.1, 0.15) is 27.0 Å². The predicted molar refractivity (Wildman–Crippen MR) is 72.4 cm³/mol. The molecule has 91 valence electrons. The third kappa shape index (κ3) is 3.20. The first-order chi connectivity index (χ1) is 8.65. The summed E-state index contributed by atoms with van der Waals surface area (Å²) in [6.07, 6.45) is 0. The molecule has 2 aromatic carbocycles. The van der Waals surface area contributed by atoms with Gasteiger partial charge in [0, 0.05) is 12.1 Å². The van der Waals surface area contributed by atoms with Gasteiger partial charge in [-0.15, -0.1) is 0 Å². The van der Waals surface area contributed by atoms with Crippen molar-refractivity contribution in [3.63, 3.8) is 0 Å². The molecule has 0 heterocycles. The molecule has 0 aliphatic carbocycles. The molecule has 0 bridgehead atoms. The molecule has 0 spiro atoms. The molecule has 1 amide bonds. The molecule has 0 aromatic heterocycles. The van der Waals surface area contributed by atoms with Crippen LogP contribution in [0.5, 0.6) is 0 Å². The highest BCUT2D eigenvalue weighted by Gasteiger charge is 2.06. The molecule has 0 saturated heterocycles. The lowest BCUT2D eigenvalue weighted by atomic mass is 10.1. The van der Waals surface area contributed by atoms with Crippen molar-refractivity contribution in [3.05, 3.63) is 70.8 Å². The minimum atomic E-state index is -0.0327. The first kappa shape index (κ1) is 12.4. The molecular formula is C16H16NO. The number of hydrogen-bond donors (Lipinski definition) is 1. The average molecular weight is 238 g/mol. The fraction of sp³-hybridized carbons (Fsp3) is 0.188. The van der Waals surface area contributed by atoms with Crippen molar-refractivity contribution in [3.8, 4) is 0 Å².